The summed E-state index contributed by atoms with van der Waals surface area (Å²) < 4.78 is 15.9. The van der Waals surface area contributed by atoms with Crippen LogP contribution >= 0.6 is 0 Å². The molecule has 3 aliphatic rings. The van der Waals surface area contributed by atoms with Crippen molar-refractivity contribution >= 4 is 17.8 Å². The molecule has 186 valence electrons. The number of fused-ring (bicyclic) bond motifs is 1. The number of benzene rings is 1. The molecule has 3 aliphatic heterocycles. The Labute approximate surface area is 203 Å². The summed E-state index contributed by atoms with van der Waals surface area (Å²) in [5.41, 5.74) is 1.41. The zero-order valence-electron chi connectivity index (χ0n) is 20.3. The van der Waals surface area contributed by atoms with Crippen molar-refractivity contribution in [3.63, 3.8) is 0 Å². The van der Waals surface area contributed by atoms with Crippen LogP contribution in [0, 0.1) is 19.8 Å². The molecule has 0 unspecified atom stereocenters. The molecular weight excluding hydrogens is 452 g/mol. The summed E-state index contributed by atoms with van der Waals surface area (Å²) in [4.78, 5) is 42.5. The van der Waals surface area contributed by atoms with Crippen LogP contribution in [0.15, 0.2) is 22.7 Å². The molecule has 35 heavy (non-hydrogen) atoms. The highest BCUT2D eigenvalue weighted by molar-refractivity contribution is 6.07. The van der Waals surface area contributed by atoms with Crippen molar-refractivity contribution in [2.24, 2.45) is 5.92 Å². The predicted octanol–water partition coefficient (Wildman–Crippen LogP) is 2.70. The summed E-state index contributed by atoms with van der Waals surface area (Å²) in [6, 6.07) is 5.05. The second kappa shape index (κ2) is 8.90. The van der Waals surface area contributed by atoms with Crippen molar-refractivity contribution in [3.8, 4) is 11.5 Å². The molecule has 0 radical (unpaired) electrons. The number of aryl methyl sites for hydroxylation is 2. The van der Waals surface area contributed by atoms with Gasteiger partial charge in [0.2, 0.25) is 12.7 Å². The van der Waals surface area contributed by atoms with E-state index in [4.69, 9.17) is 14.0 Å². The normalized spacial score (nSPS) is 22.1. The van der Waals surface area contributed by atoms with E-state index in [1.165, 1.54) is 4.90 Å². The first kappa shape index (κ1) is 23.2. The van der Waals surface area contributed by atoms with E-state index in [0.717, 1.165) is 16.8 Å². The van der Waals surface area contributed by atoms with Crippen molar-refractivity contribution in [1.82, 2.24) is 20.3 Å². The van der Waals surface area contributed by atoms with Gasteiger partial charge in [-0.15, -0.1) is 0 Å². The second-order valence-corrected chi connectivity index (χ2v) is 9.47. The molecule has 2 aromatic rings. The Balaban J connectivity index is 1.25. The smallest absolute Gasteiger partial charge is 0.325 e. The summed E-state index contributed by atoms with van der Waals surface area (Å²) >= 11 is 0. The molecule has 0 aliphatic carbocycles. The Bertz CT molecular complexity index is 1150. The lowest BCUT2D eigenvalue weighted by Gasteiger charge is -2.40. The van der Waals surface area contributed by atoms with Crippen LogP contribution in [-0.2, 0) is 22.6 Å². The number of carbonyl (C=O) groups excluding carboxylic acids is 3. The van der Waals surface area contributed by atoms with Crippen molar-refractivity contribution in [3.05, 3.63) is 40.8 Å². The number of hydrogen-bond donors (Lipinski definition) is 1. The molecule has 10 nitrogen and oxygen atoms in total. The van der Waals surface area contributed by atoms with E-state index in [9.17, 15) is 14.4 Å². The first-order valence-corrected chi connectivity index (χ1v) is 12.0. The molecule has 4 heterocycles. The zero-order chi connectivity index (χ0) is 24.7. The molecule has 1 aromatic carbocycles. The number of nitrogens with one attached hydrogen (secondary N) is 1. The Morgan fingerprint density at radius 3 is 2.60 bits per heavy atom. The van der Waals surface area contributed by atoms with Gasteiger partial charge in [0.05, 0.1) is 18.7 Å². The maximum atomic E-state index is 13.6. The quantitative estimate of drug-likeness (QED) is 0.630. The van der Waals surface area contributed by atoms with Crippen LogP contribution in [0.2, 0.25) is 0 Å². The SMILES string of the molecule is CC[C@@]1(C2CCN(C(=O)Cc3c(C)noc3C)CC2)NC(=O)N(Cc2ccc3c(c2)OCO3)C1=O. The van der Waals surface area contributed by atoms with E-state index >= 15 is 0 Å². The van der Waals surface area contributed by atoms with Crippen LogP contribution in [0.1, 0.15) is 48.8 Å². The van der Waals surface area contributed by atoms with Gasteiger partial charge in [0.15, 0.2) is 11.5 Å². The van der Waals surface area contributed by atoms with Gasteiger partial charge in [-0.3, -0.25) is 14.5 Å². The average Bonchev–Trinajstić information content (AvgIpc) is 3.53. The highest BCUT2D eigenvalue weighted by Gasteiger charge is 2.54. The number of urea groups is 1. The van der Waals surface area contributed by atoms with E-state index in [-0.39, 0.29) is 43.5 Å². The summed E-state index contributed by atoms with van der Waals surface area (Å²) in [7, 11) is 0. The summed E-state index contributed by atoms with van der Waals surface area (Å²) in [5.74, 6) is 1.71. The Kier molecular flexibility index (Phi) is 5.90. The Hall–Kier alpha value is -3.56. The number of amides is 4. The van der Waals surface area contributed by atoms with Crippen molar-refractivity contribution in [2.45, 2.75) is 58.5 Å². The maximum absolute atomic E-state index is 13.6. The minimum atomic E-state index is -0.954. The molecule has 10 heteroatoms. The van der Waals surface area contributed by atoms with Crippen molar-refractivity contribution in [2.75, 3.05) is 19.9 Å². The van der Waals surface area contributed by atoms with Gasteiger partial charge >= 0.3 is 6.03 Å². The highest BCUT2D eigenvalue weighted by Crippen LogP contribution is 2.38. The van der Waals surface area contributed by atoms with Gasteiger partial charge in [0, 0.05) is 18.7 Å². The number of nitrogens with zero attached hydrogens (tertiary/aromatic N) is 3. The lowest BCUT2D eigenvalue weighted by atomic mass is 9.75. The third-order valence-corrected chi connectivity index (χ3v) is 7.59. The number of likely N-dealkylation sites (tertiary alicyclic amines) is 1. The van der Waals surface area contributed by atoms with Gasteiger partial charge in [-0.25, -0.2) is 4.79 Å². The van der Waals surface area contributed by atoms with Crippen LogP contribution < -0.4 is 14.8 Å². The number of ether oxygens (including phenoxy) is 2. The number of rotatable bonds is 6. The Morgan fingerprint density at radius 1 is 1.17 bits per heavy atom. The number of piperidine rings is 1. The van der Waals surface area contributed by atoms with E-state index in [1.54, 1.807) is 12.1 Å². The van der Waals surface area contributed by atoms with E-state index in [2.05, 4.69) is 10.5 Å². The summed E-state index contributed by atoms with van der Waals surface area (Å²) in [6.45, 7) is 6.98. The molecule has 2 fully saturated rings. The minimum absolute atomic E-state index is 0.0228. The van der Waals surface area contributed by atoms with Crippen LogP contribution in [0.3, 0.4) is 0 Å². The van der Waals surface area contributed by atoms with Gasteiger partial charge in [-0.1, -0.05) is 18.1 Å². The van der Waals surface area contributed by atoms with E-state index in [1.807, 2.05) is 31.7 Å². The average molecular weight is 483 g/mol. The molecule has 0 bridgehead atoms. The monoisotopic (exact) mass is 482 g/mol. The third kappa shape index (κ3) is 4.00. The van der Waals surface area contributed by atoms with Gasteiger partial charge in [0.25, 0.3) is 5.91 Å². The van der Waals surface area contributed by atoms with Crippen LogP contribution in [0.5, 0.6) is 11.5 Å². The fourth-order valence-electron chi connectivity index (χ4n) is 5.45. The zero-order valence-corrected chi connectivity index (χ0v) is 20.3. The third-order valence-electron chi connectivity index (χ3n) is 7.59. The number of carbonyl (C=O) groups is 3. The molecule has 4 amide bonds. The summed E-state index contributed by atoms with van der Waals surface area (Å²) in [6.07, 6.45) is 2.03. The lowest BCUT2D eigenvalue weighted by molar-refractivity contribution is -0.136. The first-order chi connectivity index (χ1) is 16.8. The largest absolute Gasteiger partial charge is 0.454 e. The van der Waals surface area contributed by atoms with E-state index in [0.29, 0.717) is 49.6 Å². The fourth-order valence-corrected chi connectivity index (χ4v) is 5.45. The lowest BCUT2D eigenvalue weighted by Crippen LogP contribution is -2.56. The predicted molar refractivity (Wildman–Crippen MR) is 124 cm³/mol. The van der Waals surface area contributed by atoms with Crippen LogP contribution in [-0.4, -0.2) is 58.2 Å². The van der Waals surface area contributed by atoms with Crippen LogP contribution in [0.25, 0.3) is 0 Å². The highest BCUT2D eigenvalue weighted by atomic mass is 16.7. The first-order valence-electron chi connectivity index (χ1n) is 12.0. The topological polar surface area (TPSA) is 114 Å². The van der Waals surface area contributed by atoms with E-state index < -0.39 is 5.54 Å². The summed E-state index contributed by atoms with van der Waals surface area (Å²) in [5, 5.41) is 6.94. The molecule has 0 spiro atoms. The standard InChI is InChI=1S/C25H30N4O6/c1-4-25(18-7-9-28(10-8-18)22(30)12-19-15(2)27-35-16(19)3)23(31)29(24(32)26-25)13-17-5-6-20-21(11-17)34-14-33-20/h5-6,11,18H,4,7-10,12-14H2,1-3H3,(H,26,32)/t25-/m0/s1. The maximum Gasteiger partial charge on any atom is 0.325 e. The molecule has 2 saturated heterocycles. The number of hydrogen-bond acceptors (Lipinski definition) is 7. The molecule has 1 N–H and O–H groups in total. The number of aromatic nitrogens is 1. The molecule has 1 aromatic heterocycles. The van der Waals surface area contributed by atoms with Gasteiger partial charge in [0.1, 0.15) is 11.3 Å². The number of imide groups is 1. The van der Waals surface area contributed by atoms with Gasteiger partial charge in [-0.2, -0.15) is 0 Å². The molecule has 0 saturated carbocycles. The van der Waals surface area contributed by atoms with Crippen molar-refractivity contribution < 1.29 is 28.4 Å². The fraction of sp³-hybridized carbons (Fsp3) is 0.520. The second-order valence-electron chi connectivity index (χ2n) is 9.47. The van der Waals surface area contributed by atoms with Gasteiger partial charge in [-0.05, 0) is 56.7 Å². The van der Waals surface area contributed by atoms with Gasteiger partial charge < -0.3 is 24.2 Å². The minimum Gasteiger partial charge on any atom is -0.454 e. The Morgan fingerprint density at radius 2 is 1.91 bits per heavy atom. The van der Waals surface area contributed by atoms with Crippen LogP contribution in [0.4, 0.5) is 4.79 Å². The molecule has 5 rings (SSSR count). The molecular formula is C25H30N4O6. The molecule has 1 atom stereocenters. The van der Waals surface area contributed by atoms with Crippen molar-refractivity contribution in [1.29, 1.82) is 0 Å².